The number of hydrogen-bond acceptors (Lipinski definition) is 3. The molecule has 0 fully saturated rings. The maximum atomic E-state index is 11.6. The molecule has 0 aliphatic carbocycles. The summed E-state index contributed by atoms with van der Waals surface area (Å²) in [4.78, 5) is 15.6. The molecule has 2 aromatic rings. The van der Waals surface area contributed by atoms with E-state index in [4.69, 9.17) is 0 Å². The van der Waals surface area contributed by atoms with Gasteiger partial charge in [0.15, 0.2) is 0 Å². The normalized spacial score (nSPS) is 9.71. The zero-order valence-corrected chi connectivity index (χ0v) is 10.4. The Morgan fingerprint density at radius 3 is 2.53 bits per heavy atom. The summed E-state index contributed by atoms with van der Waals surface area (Å²) in [7, 11) is 0. The monoisotopic (exact) mass is 291 g/mol. The zero-order chi connectivity index (χ0) is 12.1. The summed E-state index contributed by atoms with van der Waals surface area (Å²) in [6.07, 6.45) is 1.58. The van der Waals surface area contributed by atoms with E-state index in [0.29, 0.717) is 5.69 Å². The minimum atomic E-state index is -0.270. The number of carbonyl (C=O) groups excluding carboxylic acids is 1. The van der Waals surface area contributed by atoms with Crippen LogP contribution in [0.15, 0.2) is 53.1 Å². The van der Waals surface area contributed by atoms with Gasteiger partial charge in [0.2, 0.25) is 0 Å². The van der Waals surface area contributed by atoms with Crippen molar-refractivity contribution < 1.29 is 4.79 Å². The number of pyridine rings is 1. The van der Waals surface area contributed by atoms with Gasteiger partial charge in [0.1, 0.15) is 5.69 Å². The summed E-state index contributed by atoms with van der Waals surface area (Å²) in [6.45, 7) is 0. The standard InChI is InChI=1S/C12H10BrN3O/c13-9-4-6-10(7-5-9)15-16-12(17)11-3-1-2-8-14-11/h1-8,15H,(H,16,17). The highest BCUT2D eigenvalue weighted by Gasteiger charge is 2.04. The number of rotatable bonds is 3. The van der Waals surface area contributed by atoms with Crippen LogP contribution in [0.3, 0.4) is 0 Å². The first-order valence-electron chi connectivity index (χ1n) is 4.98. The molecular formula is C12H10BrN3O. The van der Waals surface area contributed by atoms with E-state index >= 15 is 0 Å². The van der Waals surface area contributed by atoms with Crippen LogP contribution in [0.4, 0.5) is 5.69 Å². The molecule has 1 aromatic heterocycles. The maximum absolute atomic E-state index is 11.6. The minimum Gasteiger partial charge on any atom is -0.298 e. The number of nitrogens with one attached hydrogen (secondary N) is 2. The number of hydrogen-bond donors (Lipinski definition) is 2. The van der Waals surface area contributed by atoms with Gasteiger partial charge in [0, 0.05) is 10.7 Å². The summed E-state index contributed by atoms with van der Waals surface area (Å²) in [5.74, 6) is -0.270. The minimum absolute atomic E-state index is 0.270. The third-order valence-electron chi connectivity index (χ3n) is 2.06. The second-order valence-corrected chi connectivity index (χ2v) is 4.22. The summed E-state index contributed by atoms with van der Waals surface area (Å²) >= 11 is 3.34. The van der Waals surface area contributed by atoms with Crippen LogP contribution >= 0.6 is 15.9 Å². The molecule has 0 aliphatic rings. The van der Waals surface area contributed by atoms with Crippen molar-refractivity contribution in [3.63, 3.8) is 0 Å². The van der Waals surface area contributed by atoms with Gasteiger partial charge in [-0.1, -0.05) is 22.0 Å². The van der Waals surface area contributed by atoms with E-state index in [1.807, 2.05) is 24.3 Å². The Morgan fingerprint density at radius 2 is 1.88 bits per heavy atom. The molecule has 0 unspecified atom stereocenters. The molecule has 4 nitrogen and oxygen atoms in total. The van der Waals surface area contributed by atoms with E-state index in [2.05, 4.69) is 31.8 Å². The zero-order valence-electron chi connectivity index (χ0n) is 8.85. The highest BCUT2D eigenvalue weighted by Crippen LogP contribution is 2.13. The van der Waals surface area contributed by atoms with Gasteiger partial charge in [-0.05, 0) is 36.4 Å². The number of nitrogens with zero attached hydrogens (tertiary/aromatic N) is 1. The summed E-state index contributed by atoms with van der Waals surface area (Å²) in [6, 6.07) is 12.6. The predicted molar refractivity (Wildman–Crippen MR) is 69.5 cm³/mol. The van der Waals surface area contributed by atoms with Crippen molar-refractivity contribution in [3.8, 4) is 0 Å². The van der Waals surface area contributed by atoms with E-state index in [0.717, 1.165) is 10.2 Å². The largest absolute Gasteiger partial charge is 0.298 e. The fourth-order valence-electron chi connectivity index (χ4n) is 1.22. The first kappa shape index (κ1) is 11.6. The number of aromatic nitrogens is 1. The molecule has 0 atom stereocenters. The SMILES string of the molecule is O=C(NNc1ccc(Br)cc1)c1ccccn1. The first-order valence-corrected chi connectivity index (χ1v) is 5.78. The van der Waals surface area contributed by atoms with E-state index in [1.165, 1.54) is 0 Å². The molecule has 0 saturated carbocycles. The molecule has 0 spiro atoms. The van der Waals surface area contributed by atoms with Crippen molar-refractivity contribution in [2.75, 3.05) is 5.43 Å². The second-order valence-electron chi connectivity index (χ2n) is 3.30. The van der Waals surface area contributed by atoms with Crippen molar-refractivity contribution in [1.82, 2.24) is 10.4 Å². The highest BCUT2D eigenvalue weighted by molar-refractivity contribution is 9.10. The molecule has 1 aromatic carbocycles. The molecule has 0 saturated heterocycles. The number of amides is 1. The molecule has 0 bridgehead atoms. The summed E-state index contributed by atoms with van der Waals surface area (Å²) < 4.78 is 0.985. The summed E-state index contributed by atoms with van der Waals surface area (Å²) in [5, 5.41) is 0. The quantitative estimate of drug-likeness (QED) is 0.855. The van der Waals surface area contributed by atoms with Crippen LogP contribution in [-0.4, -0.2) is 10.9 Å². The van der Waals surface area contributed by atoms with E-state index in [-0.39, 0.29) is 5.91 Å². The molecule has 86 valence electrons. The molecule has 2 rings (SSSR count). The average molecular weight is 292 g/mol. The number of hydrazine groups is 1. The number of anilines is 1. The molecule has 5 heteroatoms. The van der Waals surface area contributed by atoms with Crippen LogP contribution in [0.5, 0.6) is 0 Å². The lowest BCUT2D eigenvalue weighted by Gasteiger charge is -2.07. The van der Waals surface area contributed by atoms with Crippen LogP contribution in [-0.2, 0) is 0 Å². The lowest BCUT2D eigenvalue weighted by atomic mass is 10.3. The van der Waals surface area contributed by atoms with Crippen LogP contribution in [0.2, 0.25) is 0 Å². The number of carbonyl (C=O) groups is 1. The van der Waals surface area contributed by atoms with Crippen LogP contribution in [0.1, 0.15) is 10.5 Å². The molecule has 0 aliphatic heterocycles. The van der Waals surface area contributed by atoms with Crippen LogP contribution < -0.4 is 10.9 Å². The predicted octanol–water partition coefficient (Wildman–Crippen LogP) is 2.60. The lowest BCUT2D eigenvalue weighted by molar-refractivity contribution is 0.0958. The van der Waals surface area contributed by atoms with E-state index in [9.17, 15) is 4.79 Å². The Kier molecular flexibility index (Phi) is 3.72. The summed E-state index contributed by atoms with van der Waals surface area (Å²) in [5.41, 5.74) is 6.55. The molecule has 1 amide bonds. The fraction of sp³-hybridized carbons (Fsp3) is 0. The fourth-order valence-corrected chi connectivity index (χ4v) is 1.49. The van der Waals surface area contributed by atoms with Gasteiger partial charge in [-0.25, -0.2) is 0 Å². The van der Waals surface area contributed by atoms with Gasteiger partial charge in [0.25, 0.3) is 5.91 Å². The van der Waals surface area contributed by atoms with Crippen molar-refractivity contribution in [2.24, 2.45) is 0 Å². The first-order chi connectivity index (χ1) is 8.25. The Morgan fingerprint density at radius 1 is 1.12 bits per heavy atom. The van der Waals surface area contributed by atoms with Crippen LogP contribution in [0.25, 0.3) is 0 Å². The average Bonchev–Trinajstić information content (AvgIpc) is 2.39. The third-order valence-corrected chi connectivity index (χ3v) is 2.59. The van der Waals surface area contributed by atoms with Gasteiger partial charge in [-0.3, -0.25) is 20.6 Å². The second kappa shape index (κ2) is 5.45. The van der Waals surface area contributed by atoms with Gasteiger partial charge in [-0.15, -0.1) is 0 Å². The van der Waals surface area contributed by atoms with Gasteiger partial charge >= 0.3 is 0 Å². The van der Waals surface area contributed by atoms with Crippen molar-refractivity contribution in [3.05, 3.63) is 58.8 Å². The smallest absolute Gasteiger partial charge is 0.288 e. The highest BCUT2D eigenvalue weighted by atomic mass is 79.9. The lowest BCUT2D eigenvalue weighted by Crippen LogP contribution is -2.29. The van der Waals surface area contributed by atoms with Gasteiger partial charge < -0.3 is 0 Å². The van der Waals surface area contributed by atoms with Gasteiger partial charge in [-0.2, -0.15) is 0 Å². The Labute approximate surface area is 107 Å². The van der Waals surface area contributed by atoms with Crippen LogP contribution in [0, 0.1) is 0 Å². The molecule has 2 N–H and O–H groups in total. The maximum Gasteiger partial charge on any atom is 0.288 e. The van der Waals surface area contributed by atoms with Crippen molar-refractivity contribution in [1.29, 1.82) is 0 Å². The van der Waals surface area contributed by atoms with Crippen molar-refractivity contribution >= 4 is 27.5 Å². The Bertz CT molecular complexity index is 499. The molecule has 1 heterocycles. The number of benzene rings is 1. The Hall–Kier alpha value is -1.88. The van der Waals surface area contributed by atoms with Crippen molar-refractivity contribution in [2.45, 2.75) is 0 Å². The molecule has 0 radical (unpaired) electrons. The van der Waals surface area contributed by atoms with E-state index < -0.39 is 0 Å². The number of halogens is 1. The van der Waals surface area contributed by atoms with Gasteiger partial charge in [0.05, 0.1) is 5.69 Å². The molecular weight excluding hydrogens is 282 g/mol. The Balaban J connectivity index is 1.95. The van der Waals surface area contributed by atoms with E-state index in [1.54, 1.807) is 24.4 Å². The topological polar surface area (TPSA) is 54.0 Å². The molecule has 17 heavy (non-hydrogen) atoms. The third kappa shape index (κ3) is 3.29.